The summed E-state index contributed by atoms with van der Waals surface area (Å²) in [5.41, 5.74) is 4.17. The smallest absolute Gasteiger partial charge is 0.274 e. The van der Waals surface area contributed by atoms with Gasteiger partial charge in [-0.1, -0.05) is 30.3 Å². The van der Waals surface area contributed by atoms with E-state index in [-0.39, 0.29) is 17.6 Å². The van der Waals surface area contributed by atoms with Gasteiger partial charge in [0.25, 0.3) is 5.91 Å². The van der Waals surface area contributed by atoms with Crippen molar-refractivity contribution in [2.24, 2.45) is 0 Å². The minimum Gasteiger partial charge on any atom is -0.319 e. The van der Waals surface area contributed by atoms with Crippen LogP contribution in [0.15, 0.2) is 54.6 Å². The molecule has 1 unspecified atom stereocenters. The summed E-state index contributed by atoms with van der Waals surface area (Å²) < 4.78 is 0. The molecule has 6 heteroatoms. The average Bonchev–Trinajstić information content (AvgIpc) is 3.03. The molecule has 2 heterocycles. The Bertz CT molecular complexity index is 1100. The lowest BCUT2D eigenvalue weighted by Gasteiger charge is -2.23. The van der Waals surface area contributed by atoms with Crippen LogP contribution in [0.25, 0.3) is 0 Å². The maximum absolute atomic E-state index is 12.8. The van der Waals surface area contributed by atoms with Gasteiger partial charge < -0.3 is 10.2 Å². The Morgan fingerprint density at radius 3 is 2.75 bits per heavy atom. The second kappa shape index (κ2) is 7.12. The van der Waals surface area contributed by atoms with Gasteiger partial charge in [-0.05, 0) is 50.1 Å². The number of carbonyl (C=O) groups excluding carboxylic acids is 1. The number of fused-ring (bicyclic) bond motifs is 1. The summed E-state index contributed by atoms with van der Waals surface area (Å²) in [6.07, 6.45) is 0.907. The van der Waals surface area contributed by atoms with Crippen molar-refractivity contribution in [3.63, 3.8) is 0 Å². The molecule has 0 saturated carbocycles. The maximum Gasteiger partial charge on any atom is 0.274 e. The quantitative estimate of drug-likeness (QED) is 0.755. The van der Waals surface area contributed by atoms with Crippen LogP contribution in [0.1, 0.15) is 34.2 Å². The van der Waals surface area contributed by atoms with E-state index in [2.05, 4.69) is 39.2 Å². The highest BCUT2D eigenvalue weighted by Crippen LogP contribution is 2.36. The largest absolute Gasteiger partial charge is 0.319 e. The van der Waals surface area contributed by atoms with Gasteiger partial charge in [0.15, 0.2) is 0 Å². The fraction of sp³-hybridized carbons (Fsp3) is 0.182. The molecule has 1 aromatic heterocycles. The number of nitriles is 1. The van der Waals surface area contributed by atoms with Gasteiger partial charge in [0.1, 0.15) is 11.8 Å². The molecular weight excluding hydrogens is 350 g/mol. The number of aryl methyl sites for hydroxylation is 1. The molecule has 0 saturated heterocycles. The Kier molecular flexibility index (Phi) is 4.50. The van der Waals surface area contributed by atoms with Crippen molar-refractivity contribution in [2.75, 3.05) is 10.2 Å². The molecule has 0 radical (unpaired) electrons. The Labute approximate surface area is 163 Å². The van der Waals surface area contributed by atoms with Crippen LogP contribution < -0.4 is 10.2 Å². The van der Waals surface area contributed by atoms with Gasteiger partial charge in [0.05, 0.1) is 11.3 Å². The minimum atomic E-state index is -0.366. The molecule has 0 spiro atoms. The molecule has 6 nitrogen and oxygen atoms in total. The van der Waals surface area contributed by atoms with Crippen LogP contribution in [0.4, 0.5) is 17.3 Å². The predicted octanol–water partition coefficient (Wildman–Crippen LogP) is 3.99. The molecule has 2 aromatic carbocycles. The molecule has 1 aliphatic rings. The van der Waals surface area contributed by atoms with E-state index in [9.17, 15) is 10.1 Å². The number of hydrogen-bond donors (Lipinski definition) is 1. The van der Waals surface area contributed by atoms with Crippen LogP contribution >= 0.6 is 0 Å². The van der Waals surface area contributed by atoms with E-state index in [1.165, 1.54) is 5.56 Å². The fourth-order valence-corrected chi connectivity index (χ4v) is 3.52. The molecule has 1 aliphatic heterocycles. The molecule has 1 amide bonds. The van der Waals surface area contributed by atoms with Crippen LogP contribution in [-0.4, -0.2) is 21.9 Å². The molecule has 138 valence electrons. The highest BCUT2D eigenvalue weighted by molar-refractivity contribution is 6.03. The van der Waals surface area contributed by atoms with E-state index in [0.717, 1.165) is 12.1 Å². The van der Waals surface area contributed by atoms with E-state index in [1.54, 1.807) is 30.3 Å². The average molecular weight is 369 g/mol. The molecular formula is C22H19N5O. The van der Waals surface area contributed by atoms with Crippen LogP contribution in [0.5, 0.6) is 0 Å². The van der Waals surface area contributed by atoms with Crippen LogP contribution in [0.3, 0.4) is 0 Å². The first-order chi connectivity index (χ1) is 13.6. The van der Waals surface area contributed by atoms with E-state index in [0.29, 0.717) is 22.9 Å². The van der Waals surface area contributed by atoms with Gasteiger partial charge in [-0.2, -0.15) is 5.26 Å². The molecule has 1 N–H and O–H groups in total. The molecule has 0 aliphatic carbocycles. The fourth-order valence-electron chi connectivity index (χ4n) is 3.52. The number of nitrogens with one attached hydrogen (secondary N) is 1. The summed E-state index contributed by atoms with van der Waals surface area (Å²) >= 11 is 0. The molecule has 28 heavy (non-hydrogen) atoms. The Hall–Kier alpha value is -3.72. The van der Waals surface area contributed by atoms with Gasteiger partial charge in [0, 0.05) is 17.4 Å². The highest BCUT2D eigenvalue weighted by Gasteiger charge is 2.29. The Balaban J connectivity index is 1.68. The third kappa shape index (κ3) is 3.19. The standard InChI is InChI=1S/C22H19N5O/c1-14-11-19(21(28)25-18-9-5-3-8-17(18)13-23)26-22(24-14)27-15(2)12-16-7-4-6-10-20(16)27/h3-11,15H,12H2,1-2H3,(H,25,28). The van der Waals surface area contributed by atoms with Crippen molar-refractivity contribution >= 4 is 23.2 Å². The maximum atomic E-state index is 12.8. The first-order valence-electron chi connectivity index (χ1n) is 9.10. The number of para-hydroxylation sites is 2. The normalized spacial score (nSPS) is 15.0. The Morgan fingerprint density at radius 1 is 1.18 bits per heavy atom. The number of amides is 1. The molecule has 1 atom stereocenters. The summed E-state index contributed by atoms with van der Waals surface area (Å²) in [6.45, 7) is 3.96. The predicted molar refractivity (Wildman–Crippen MR) is 108 cm³/mol. The zero-order chi connectivity index (χ0) is 19.7. The number of hydrogen-bond acceptors (Lipinski definition) is 5. The third-order valence-electron chi connectivity index (χ3n) is 4.79. The van der Waals surface area contributed by atoms with E-state index < -0.39 is 0 Å². The summed E-state index contributed by atoms with van der Waals surface area (Å²) in [5, 5.41) is 12.0. The number of nitrogens with zero attached hydrogens (tertiary/aromatic N) is 4. The molecule has 0 bridgehead atoms. The third-order valence-corrected chi connectivity index (χ3v) is 4.79. The Morgan fingerprint density at radius 2 is 1.93 bits per heavy atom. The zero-order valence-electron chi connectivity index (χ0n) is 15.7. The first kappa shape index (κ1) is 17.7. The SMILES string of the molecule is Cc1cc(C(=O)Nc2ccccc2C#N)nc(N2c3ccccc3CC2C)n1. The van der Waals surface area contributed by atoms with Crippen molar-refractivity contribution in [1.82, 2.24) is 9.97 Å². The van der Waals surface area contributed by atoms with Gasteiger partial charge in [-0.25, -0.2) is 9.97 Å². The number of anilines is 3. The van der Waals surface area contributed by atoms with Gasteiger partial charge in [0.2, 0.25) is 5.95 Å². The summed E-state index contributed by atoms with van der Waals surface area (Å²) in [6, 6.07) is 19.0. The number of aromatic nitrogens is 2. The lowest BCUT2D eigenvalue weighted by molar-refractivity contribution is 0.102. The zero-order valence-corrected chi connectivity index (χ0v) is 15.7. The van der Waals surface area contributed by atoms with Gasteiger partial charge in [-0.3, -0.25) is 4.79 Å². The van der Waals surface area contributed by atoms with E-state index in [1.807, 2.05) is 25.1 Å². The van der Waals surface area contributed by atoms with Crippen molar-refractivity contribution in [2.45, 2.75) is 26.3 Å². The molecule has 3 aromatic rings. The van der Waals surface area contributed by atoms with E-state index in [4.69, 9.17) is 0 Å². The number of benzene rings is 2. The summed E-state index contributed by atoms with van der Waals surface area (Å²) in [5.74, 6) is 0.144. The summed E-state index contributed by atoms with van der Waals surface area (Å²) in [4.78, 5) is 24.0. The number of rotatable bonds is 3. The lowest BCUT2D eigenvalue weighted by Crippen LogP contribution is -2.27. The van der Waals surface area contributed by atoms with Gasteiger partial charge >= 0.3 is 0 Å². The monoisotopic (exact) mass is 369 g/mol. The van der Waals surface area contributed by atoms with Crippen LogP contribution in [-0.2, 0) is 6.42 Å². The lowest BCUT2D eigenvalue weighted by atomic mass is 10.1. The first-order valence-corrected chi connectivity index (χ1v) is 9.10. The number of carbonyl (C=O) groups is 1. The highest BCUT2D eigenvalue weighted by atomic mass is 16.1. The van der Waals surface area contributed by atoms with Crippen molar-refractivity contribution in [3.05, 3.63) is 77.1 Å². The summed E-state index contributed by atoms with van der Waals surface area (Å²) in [7, 11) is 0. The van der Waals surface area contributed by atoms with E-state index >= 15 is 0 Å². The van der Waals surface area contributed by atoms with Crippen molar-refractivity contribution in [3.8, 4) is 6.07 Å². The second-order valence-corrected chi connectivity index (χ2v) is 6.86. The van der Waals surface area contributed by atoms with Crippen LogP contribution in [0, 0.1) is 18.3 Å². The minimum absolute atomic E-state index is 0.203. The van der Waals surface area contributed by atoms with Gasteiger partial charge in [-0.15, -0.1) is 0 Å². The van der Waals surface area contributed by atoms with Crippen LogP contribution in [0.2, 0.25) is 0 Å². The molecule has 0 fully saturated rings. The van der Waals surface area contributed by atoms with Crippen molar-refractivity contribution < 1.29 is 4.79 Å². The topological polar surface area (TPSA) is 81.9 Å². The molecule has 4 rings (SSSR count). The second-order valence-electron chi connectivity index (χ2n) is 6.86. The van der Waals surface area contributed by atoms with Crippen molar-refractivity contribution in [1.29, 1.82) is 5.26 Å².